The Morgan fingerprint density at radius 1 is 0.956 bits per heavy atom. The van der Waals surface area contributed by atoms with Crippen molar-refractivity contribution in [2.24, 2.45) is 0 Å². The van der Waals surface area contributed by atoms with E-state index in [4.69, 9.17) is 29.3 Å². The van der Waals surface area contributed by atoms with E-state index in [9.17, 15) is 35.9 Å². The molecule has 0 radical (unpaired) electrons. The molecule has 45 heavy (non-hydrogen) atoms. The number of nitrogens with one attached hydrogen (secondary N) is 3. The number of H-pyrrole nitrogens is 1. The minimum absolute atomic E-state index is 0.255. The Hall–Kier alpha value is -4.81. The Balaban J connectivity index is 0.000000601. The summed E-state index contributed by atoms with van der Waals surface area (Å²) in [7, 11) is 1.61. The van der Waals surface area contributed by atoms with Gasteiger partial charge in [0.25, 0.3) is 5.91 Å². The van der Waals surface area contributed by atoms with Gasteiger partial charge in [0.2, 0.25) is 0 Å². The lowest BCUT2D eigenvalue weighted by molar-refractivity contribution is -0.193. The molecule has 0 aliphatic carbocycles. The van der Waals surface area contributed by atoms with Crippen molar-refractivity contribution in [2.75, 3.05) is 19.0 Å². The predicted octanol–water partition coefficient (Wildman–Crippen LogP) is 5.03. The number of anilines is 1. The summed E-state index contributed by atoms with van der Waals surface area (Å²) in [4.78, 5) is 51.5. The third-order valence-electron chi connectivity index (χ3n) is 5.19. The molecule has 0 saturated carbocycles. The van der Waals surface area contributed by atoms with Gasteiger partial charge in [-0.1, -0.05) is 6.92 Å². The molecule has 12 nitrogen and oxygen atoms in total. The molecule has 2 aromatic heterocycles. The highest BCUT2D eigenvalue weighted by Gasteiger charge is 2.38. The van der Waals surface area contributed by atoms with Crippen LogP contribution in [-0.4, -0.2) is 70.1 Å². The molecule has 0 atom stereocenters. The number of esters is 1. The van der Waals surface area contributed by atoms with E-state index in [0.29, 0.717) is 42.0 Å². The highest BCUT2D eigenvalue weighted by Crippen LogP contribution is 2.24. The average molecular weight is 671 g/mol. The first-order chi connectivity index (χ1) is 21.0. The summed E-state index contributed by atoms with van der Waals surface area (Å²) in [6.45, 7) is 4.63. The standard InChI is InChI=1S/C22H26N4O4S.2C2HF3O2/c1-4-17-19(22(28)30-5-2)18(12-24-14-6-8-15(29-3)9-7-14)26-20(17)21(27)25-11-16-10-23-13-31-16;2*3-2(4,5)1(6)7/h6-10,13,24,26H,4-5,11-12H2,1-3H3,(H,25,27);2*(H,6,7). The molecule has 19 heteroatoms. The van der Waals surface area contributed by atoms with Crippen LogP contribution in [0.15, 0.2) is 36.0 Å². The highest BCUT2D eigenvalue weighted by atomic mass is 32.1. The van der Waals surface area contributed by atoms with Crippen LogP contribution in [0.4, 0.5) is 32.0 Å². The number of thiazole rings is 1. The number of carbonyl (C=O) groups excluding carboxylic acids is 2. The van der Waals surface area contributed by atoms with Crippen molar-refractivity contribution in [3.8, 4) is 5.75 Å². The number of benzene rings is 1. The van der Waals surface area contributed by atoms with E-state index >= 15 is 0 Å². The van der Waals surface area contributed by atoms with Gasteiger partial charge in [0.15, 0.2) is 0 Å². The number of carboxylic acid groups (broad SMARTS) is 2. The first-order valence-corrected chi connectivity index (χ1v) is 13.4. The van der Waals surface area contributed by atoms with Crippen LogP contribution in [0.5, 0.6) is 5.75 Å². The van der Waals surface area contributed by atoms with Gasteiger partial charge in [0.1, 0.15) is 11.4 Å². The van der Waals surface area contributed by atoms with Crippen molar-refractivity contribution >= 4 is 40.8 Å². The van der Waals surface area contributed by atoms with E-state index in [-0.39, 0.29) is 12.5 Å². The molecule has 0 fully saturated rings. The van der Waals surface area contributed by atoms with E-state index in [0.717, 1.165) is 16.3 Å². The Bertz CT molecular complexity index is 1380. The van der Waals surface area contributed by atoms with Crippen LogP contribution < -0.4 is 15.4 Å². The summed E-state index contributed by atoms with van der Waals surface area (Å²) < 4.78 is 73.9. The molecular weight excluding hydrogens is 642 g/mol. The largest absolute Gasteiger partial charge is 0.497 e. The monoisotopic (exact) mass is 670 g/mol. The number of aromatic nitrogens is 2. The van der Waals surface area contributed by atoms with Crippen molar-refractivity contribution in [3.05, 3.63) is 63.4 Å². The fourth-order valence-electron chi connectivity index (χ4n) is 3.21. The minimum Gasteiger partial charge on any atom is -0.497 e. The number of halogens is 6. The van der Waals surface area contributed by atoms with Crippen molar-refractivity contribution in [2.45, 2.75) is 45.7 Å². The number of rotatable bonds is 10. The molecule has 0 unspecified atom stereocenters. The molecule has 3 rings (SSSR count). The summed E-state index contributed by atoms with van der Waals surface area (Å²) in [5.74, 6) is -5.47. The van der Waals surface area contributed by atoms with Gasteiger partial charge < -0.3 is 35.3 Å². The highest BCUT2D eigenvalue weighted by molar-refractivity contribution is 7.09. The number of alkyl halides is 6. The lowest BCUT2D eigenvalue weighted by Gasteiger charge is -2.09. The van der Waals surface area contributed by atoms with Crippen molar-refractivity contribution in [1.82, 2.24) is 15.3 Å². The smallest absolute Gasteiger partial charge is 0.490 e. The van der Waals surface area contributed by atoms with Gasteiger partial charge in [-0.05, 0) is 43.2 Å². The van der Waals surface area contributed by atoms with Crippen LogP contribution in [0.2, 0.25) is 0 Å². The first kappa shape index (κ1) is 38.2. The Labute approximate surface area is 255 Å². The number of hydrogen-bond donors (Lipinski definition) is 5. The summed E-state index contributed by atoms with van der Waals surface area (Å²) in [5, 5.41) is 20.4. The molecule has 5 N–H and O–H groups in total. The maximum Gasteiger partial charge on any atom is 0.490 e. The molecule has 0 aliphatic rings. The zero-order chi connectivity index (χ0) is 34.4. The topological polar surface area (TPSA) is 180 Å². The van der Waals surface area contributed by atoms with E-state index < -0.39 is 30.3 Å². The van der Waals surface area contributed by atoms with Gasteiger partial charge in [-0.15, -0.1) is 11.3 Å². The number of amides is 1. The maximum atomic E-state index is 12.9. The molecule has 0 spiro atoms. The fourth-order valence-corrected chi connectivity index (χ4v) is 3.74. The van der Waals surface area contributed by atoms with Crippen molar-refractivity contribution < 1.29 is 65.2 Å². The van der Waals surface area contributed by atoms with Crippen molar-refractivity contribution in [3.63, 3.8) is 0 Å². The van der Waals surface area contributed by atoms with E-state index in [2.05, 4.69) is 20.6 Å². The Morgan fingerprint density at radius 3 is 1.93 bits per heavy atom. The van der Waals surface area contributed by atoms with Crippen LogP contribution in [-0.2, 0) is 33.8 Å². The quantitative estimate of drug-likeness (QED) is 0.145. The molecule has 1 aromatic carbocycles. The summed E-state index contributed by atoms with van der Waals surface area (Å²) >= 11 is 1.47. The zero-order valence-electron chi connectivity index (χ0n) is 23.8. The molecule has 1 amide bonds. The number of methoxy groups -OCH3 is 1. The van der Waals surface area contributed by atoms with Crippen LogP contribution >= 0.6 is 11.3 Å². The fraction of sp³-hybridized carbons (Fsp3) is 0.346. The number of nitrogens with zero attached hydrogens (tertiary/aromatic N) is 1. The predicted molar refractivity (Wildman–Crippen MR) is 147 cm³/mol. The number of carboxylic acids is 2. The van der Waals surface area contributed by atoms with E-state index in [1.54, 1.807) is 25.7 Å². The van der Waals surface area contributed by atoms with Crippen LogP contribution in [0.1, 0.15) is 50.8 Å². The van der Waals surface area contributed by atoms with Crippen LogP contribution in [0.3, 0.4) is 0 Å². The number of hydrogen-bond acceptors (Lipinski definition) is 9. The van der Waals surface area contributed by atoms with Crippen molar-refractivity contribution in [1.29, 1.82) is 0 Å². The van der Waals surface area contributed by atoms with Crippen LogP contribution in [0, 0.1) is 0 Å². The molecule has 0 bridgehead atoms. The molecule has 0 saturated heterocycles. The molecule has 248 valence electrons. The minimum atomic E-state index is -5.08. The molecule has 3 aromatic rings. The average Bonchev–Trinajstić information content (AvgIpc) is 3.63. The second-order valence-electron chi connectivity index (χ2n) is 8.24. The van der Waals surface area contributed by atoms with Gasteiger partial charge in [-0.25, -0.2) is 14.4 Å². The van der Waals surface area contributed by atoms with Gasteiger partial charge in [0.05, 0.1) is 37.9 Å². The number of aromatic amines is 1. The zero-order valence-corrected chi connectivity index (χ0v) is 24.6. The molecular formula is C26H28F6N4O8S. The van der Waals surface area contributed by atoms with Crippen LogP contribution in [0.25, 0.3) is 0 Å². The lowest BCUT2D eigenvalue weighted by Crippen LogP contribution is -2.24. The number of aliphatic carboxylic acids is 2. The summed E-state index contributed by atoms with van der Waals surface area (Å²) in [6.07, 6.45) is -7.94. The SMILES string of the molecule is CCOC(=O)c1c(CNc2ccc(OC)cc2)[nH]c(C(=O)NCc2cncs2)c1CC.O=C(O)C(F)(F)F.O=C(O)C(F)(F)F. The summed E-state index contributed by atoms with van der Waals surface area (Å²) in [6, 6.07) is 7.46. The van der Waals surface area contributed by atoms with Gasteiger partial charge >= 0.3 is 30.3 Å². The third kappa shape index (κ3) is 12.8. The van der Waals surface area contributed by atoms with Gasteiger partial charge in [-0.2, -0.15) is 26.3 Å². The van der Waals surface area contributed by atoms with E-state index in [1.807, 2.05) is 31.2 Å². The van der Waals surface area contributed by atoms with E-state index in [1.165, 1.54) is 11.3 Å². The lowest BCUT2D eigenvalue weighted by atomic mass is 10.1. The second-order valence-corrected chi connectivity index (χ2v) is 9.22. The third-order valence-corrected chi connectivity index (χ3v) is 5.97. The Morgan fingerprint density at radius 2 is 1.51 bits per heavy atom. The normalized spacial score (nSPS) is 10.8. The number of ether oxygens (including phenoxy) is 2. The van der Waals surface area contributed by atoms with Gasteiger partial charge in [0, 0.05) is 22.5 Å². The first-order valence-electron chi connectivity index (χ1n) is 12.5. The second kappa shape index (κ2) is 17.5. The molecule has 0 aliphatic heterocycles. The van der Waals surface area contributed by atoms with Gasteiger partial charge in [-0.3, -0.25) is 9.78 Å². The Kier molecular flexibility index (Phi) is 14.8. The number of carbonyl (C=O) groups is 4. The maximum absolute atomic E-state index is 12.9. The summed E-state index contributed by atoms with van der Waals surface area (Å²) in [5.41, 5.74) is 4.62. The molecule has 2 heterocycles.